The van der Waals surface area contributed by atoms with Gasteiger partial charge in [0, 0.05) is 10.9 Å². The second-order valence-electron chi connectivity index (χ2n) is 5.17. The summed E-state index contributed by atoms with van der Waals surface area (Å²) in [5.74, 6) is -2.46. The van der Waals surface area contributed by atoms with Crippen LogP contribution in [0.3, 0.4) is 0 Å². The third-order valence-electron chi connectivity index (χ3n) is 3.43. The van der Waals surface area contributed by atoms with E-state index in [0.29, 0.717) is 5.01 Å². The molecule has 0 saturated carbocycles. The summed E-state index contributed by atoms with van der Waals surface area (Å²) in [7, 11) is 0. The zero-order valence-corrected chi connectivity index (χ0v) is 13.1. The summed E-state index contributed by atoms with van der Waals surface area (Å²) in [5, 5.41) is 0.787. The van der Waals surface area contributed by atoms with Crippen LogP contribution in [-0.4, -0.2) is 22.3 Å². The molecule has 0 aliphatic heterocycles. The Morgan fingerprint density at radius 1 is 1.00 bits per heavy atom. The highest BCUT2D eigenvalue weighted by atomic mass is 19.4. The van der Waals surface area contributed by atoms with E-state index in [0.717, 1.165) is 0 Å². The summed E-state index contributed by atoms with van der Waals surface area (Å²) in [4.78, 5) is 30.6. The summed E-state index contributed by atoms with van der Waals surface area (Å²) in [6, 6.07) is 13.8. The lowest BCUT2D eigenvalue weighted by molar-refractivity contribution is -0.144. The number of para-hydroxylation sites is 1. The van der Waals surface area contributed by atoms with Crippen molar-refractivity contribution >= 4 is 29.0 Å². The fourth-order valence-corrected chi connectivity index (χ4v) is 2.26. The zero-order valence-electron chi connectivity index (χ0n) is 13.1. The van der Waals surface area contributed by atoms with Crippen molar-refractivity contribution in [2.45, 2.75) is 6.18 Å². The number of amides is 2. The molecule has 0 spiro atoms. The molecule has 1 N–H and O–H groups in total. The zero-order chi connectivity index (χ0) is 18.7. The Bertz CT molecular complexity index is 961. The van der Waals surface area contributed by atoms with Gasteiger partial charge in [0.2, 0.25) is 12.2 Å². The molecule has 0 fully saturated rings. The van der Waals surface area contributed by atoms with Crippen LogP contribution in [0.4, 0.5) is 19.0 Å². The van der Waals surface area contributed by atoms with Crippen LogP contribution in [0.2, 0.25) is 0 Å². The Hall–Kier alpha value is -3.49. The number of carbonyl (C=O) groups is 2. The van der Waals surface area contributed by atoms with Gasteiger partial charge in [-0.05, 0) is 24.3 Å². The van der Waals surface area contributed by atoms with Crippen molar-refractivity contribution in [3.63, 3.8) is 0 Å². The molecule has 2 aromatic carbocycles. The molecule has 0 aliphatic carbocycles. The lowest BCUT2D eigenvalue weighted by Gasteiger charge is -2.20. The Balaban J connectivity index is 2.06. The Morgan fingerprint density at radius 2 is 1.65 bits per heavy atom. The highest BCUT2D eigenvalue weighted by molar-refractivity contribution is 6.00. The van der Waals surface area contributed by atoms with Gasteiger partial charge in [-0.3, -0.25) is 15.0 Å². The molecule has 3 aromatic rings. The number of hydrogen-bond donors (Lipinski definition) is 1. The Labute approximate surface area is 145 Å². The number of anilines is 1. The summed E-state index contributed by atoms with van der Waals surface area (Å²) in [6.07, 6.45) is -4.63. The van der Waals surface area contributed by atoms with E-state index in [1.807, 2.05) is 0 Å². The summed E-state index contributed by atoms with van der Waals surface area (Å²) < 4.78 is 39.2. The minimum atomic E-state index is -4.81. The van der Waals surface area contributed by atoms with Gasteiger partial charge < -0.3 is 0 Å². The van der Waals surface area contributed by atoms with Crippen molar-refractivity contribution in [3.05, 3.63) is 66.0 Å². The van der Waals surface area contributed by atoms with E-state index in [4.69, 9.17) is 0 Å². The number of rotatable bonds is 4. The number of aromatic nitrogens is 2. The molecule has 132 valence electrons. The van der Waals surface area contributed by atoms with Gasteiger partial charge in [-0.2, -0.15) is 13.2 Å². The standard InChI is InChI=1S/C17H11F3N4O2/c18-17(19,20)16-21-13-9-5-4-8-12(13)14(22-16)24(10-25)23-15(26)11-6-2-1-3-7-11/h1-10H,(H,23,26). The van der Waals surface area contributed by atoms with Gasteiger partial charge in [0.15, 0.2) is 5.82 Å². The van der Waals surface area contributed by atoms with Crippen molar-refractivity contribution < 1.29 is 22.8 Å². The average molecular weight is 360 g/mol. The van der Waals surface area contributed by atoms with E-state index >= 15 is 0 Å². The van der Waals surface area contributed by atoms with Gasteiger partial charge >= 0.3 is 6.18 Å². The van der Waals surface area contributed by atoms with Crippen molar-refractivity contribution in [2.75, 3.05) is 5.01 Å². The van der Waals surface area contributed by atoms with Gasteiger partial charge in [0.1, 0.15) is 0 Å². The van der Waals surface area contributed by atoms with Gasteiger partial charge in [0.25, 0.3) is 5.91 Å². The third kappa shape index (κ3) is 3.46. The fraction of sp³-hybridized carbons (Fsp3) is 0.0588. The fourth-order valence-electron chi connectivity index (χ4n) is 2.26. The first-order valence-electron chi connectivity index (χ1n) is 7.34. The molecule has 3 rings (SSSR count). The first-order chi connectivity index (χ1) is 12.4. The van der Waals surface area contributed by atoms with E-state index in [1.165, 1.54) is 30.3 Å². The quantitative estimate of drug-likeness (QED) is 0.573. The van der Waals surface area contributed by atoms with Gasteiger partial charge in [-0.15, -0.1) is 0 Å². The summed E-state index contributed by atoms with van der Waals surface area (Å²) in [5.41, 5.74) is 2.46. The van der Waals surface area contributed by atoms with Crippen LogP contribution in [0.15, 0.2) is 54.6 Å². The Kier molecular flexibility index (Phi) is 4.53. The maximum absolute atomic E-state index is 13.1. The van der Waals surface area contributed by atoms with E-state index in [1.54, 1.807) is 24.3 Å². The molecule has 6 nitrogen and oxygen atoms in total. The molecular formula is C17H11F3N4O2. The van der Waals surface area contributed by atoms with Gasteiger partial charge in [-0.1, -0.05) is 30.3 Å². The number of hydrogen-bond acceptors (Lipinski definition) is 4. The molecule has 1 heterocycles. The molecule has 0 radical (unpaired) electrons. The second-order valence-corrected chi connectivity index (χ2v) is 5.17. The van der Waals surface area contributed by atoms with Crippen LogP contribution >= 0.6 is 0 Å². The molecule has 0 atom stereocenters. The molecule has 0 unspecified atom stereocenters. The van der Waals surface area contributed by atoms with Crippen molar-refractivity contribution in [1.82, 2.24) is 15.4 Å². The molecule has 2 amide bonds. The van der Waals surface area contributed by atoms with Gasteiger partial charge in [-0.25, -0.2) is 15.0 Å². The van der Waals surface area contributed by atoms with Crippen LogP contribution in [0.25, 0.3) is 10.9 Å². The lowest BCUT2D eigenvalue weighted by atomic mass is 10.2. The molecule has 26 heavy (non-hydrogen) atoms. The topological polar surface area (TPSA) is 75.2 Å². The number of nitrogens with one attached hydrogen (secondary N) is 1. The van der Waals surface area contributed by atoms with E-state index in [2.05, 4.69) is 15.4 Å². The first kappa shape index (κ1) is 17.3. The first-order valence-corrected chi connectivity index (χ1v) is 7.34. The summed E-state index contributed by atoms with van der Waals surface area (Å²) >= 11 is 0. The van der Waals surface area contributed by atoms with Crippen LogP contribution in [0.5, 0.6) is 0 Å². The largest absolute Gasteiger partial charge is 0.451 e. The molecular weight excluding hydrogens is 349 g/mol. The van der Waals surface area contributed by atoms with Crippen LogP contribution in [0, 0.1) is 0 Å². The predicted molar refractivity (Wildman–Crippen MR) is 87.0 cm³/mol. The minimum absolute atomic E-state index is 0.00867. The molecule has 1 aromatic heterocycles. The van der Waals surface area contributed by atoms with E-state index in [-0.39, 0.29) is 28.7 Å². The SMILES string of the molecule is O=CN(NC(=O)c1ccccc1)c1nc(C(F)(F)F)nc2ccccc12. The van der Waals surface area contributed by atoms with Crippen LogP contribution in [0.1, 0.15) is 16.2 Å². The second kappa shape index (κ2) is 6.79. The highest BCUT2D eigenvalue weighted by Crippen LogP contribution is 2.31. The number of nitrogens with zero attached hydrogens (tertiary/aromatic N) is 3. The summed E-state index contributed by atoms with van der Waals surface area (Å²) in [6.45, 7) is 0. The minimum Gasteiger partial charge on any atom is -0.276 e. The van der Waals surface area contributed by atoms with Crippen LogP contribution < -0.4 is 10.4 Å². The van der Waals surface area contributed by atoms with Crippen molar-refractivity contribution in [1.29, 1.82) is 0 Å². The number of halogens is 3. The normalized spacial score (nSPS) is 11.2. The molecule has 0 aliphatic rings. The molecule has 9 heteroatoms. The maximum atomic E-state index is 13.1. The van der Waals surface area contributed by atoms with Gasteiger partial charge in [0.05, 0.1) is 5.52 Å². The van der Waals surface area contributed by atoms with Crippen LogP contribution in [-0.2, 0) is 11.0 Å². The number of alkyl halides is 3. The maximum Gasteiger partial charge on any atom is 0.451 e. The lowest BCUT2D eigenvalue weighted by Crippen LogP contribution is -2.42. The number of fused-ring (bicyclic) bond motifs is 1. The van der Waals surface area contributed by atoms with Crippen molar-refractivity contribution in [2.24, 2.45) is 0 Å². The van der Waals surface area contributed by atoms with E-state index < -0.39 is 17.9 Å². The van der Waals surface area contributed by atoms with Crippen molar-refractivity contribution in [3.8, 4) is 0 Å². The average Bonchev–Trinajstić information content (AvgIpc) is 2.65. The van der Waals surface area contributed by atoms with E-state index in [9.17, 15) is 22.8 Å². The Morgan fingerprint density at radius 3 is 2.31 bits per heavy atom. The third-order valence-corrected chi connectivity index (χ3v) is 3.43. The highest BCUT2D eigenvalue weighted by Gasteiger charge is 2.36. The molecule has 0 bridgehead atoms. The number of hydrazine groups is 1. The molecule has 0 saturated heterocycles. The number of benzene rings is 2. The smallest absolute Gasteiger partial charge is 0.276 e. The number of carbonyl (C=O) groups excluding carboxylic acids is 2. The monoisotopic (exact) mass is 360 g/mol. The predicted octanol–water partition coefficient (Wildman–Crippen LogP) is 2.96.